The molecule has 0 saturated heterocycles. The summed E-state index contributed by atoms with van der Waals surface area (Å²) in [5.41, 5.74) is 3.47. The molecule has 0 bridgehead atoms. The fourth-order valence-corrected chi connectivity index (χ4v) is 3.56. The molecule has 6 heteroatoms. The van der Waals surface area contributed by atoms with Crippen LogP contribution in [0.15, 0.2) is 66.0 Å². The number of esters is 1. The van der Waals surface area contributed by atoms with Crippen molar-refractivity contribution in [2.24, 2.45) is 0 Å². The Balaban J connectivity index is 1.76. The van der Waals surface area contributed by atoms with Gasteiger partial charge in [-0.2, -0.15) is 0 Å². The van der Waals surface area contributed by atoms with Crippen molar-refractivity contribution < 1.29 is 14.6 Å². The minimum absolute atomic E-state index is 0.0573. The van der Waals surface area contributed by atoms with E-state index >= 15 is 0 Å². The number of aromatic nitrogens is 2. The van der Waals surface area contributed by atoms with Gasteiger partial charge >= 0.3 is 5.97 Å². The molecule has 0 aliphatic heterocycles. The minimum Gasteiger partial charge on any atom is -0.465 e. The molecule has 0 aliphatic rings. The third kappa shape index (κ3) is 4.33. The molecule has 0 aliphatic carbocycles. The maximum absolute atomic E-state index is 11.7. The van der Waals surface area contributed by atoms with E-state index < -0.39 is 0 Å². The maximum Gasteiger partial charge on any atom is 0.337 e. The smallest absolute Gasteiger partial charge is 0.337 e. The molecule has 0 amide bonds. The van der Waals surface area contributed by atoms with Crippen LogP contribution >= 0.6 is 11.8 Å². The Kier molecular flexibility index (Phi) is 6.09. The molecular weight excluding hydrogens is 348 g/mol. The Hall–Kier alpha value is -2.57. The first kappa shape index (κ1) is 18.2. The number of nitrogens with zero attached hydrogens (tertiary/aromatic N) is 2. The van der Waals surface area contributed by atoms with Gasteiger partial charge in [0.1, 0.15) is 0 Å². The van der Waals surface area contributed by atoms with Crippen molar-refractivity contribution in [2.45, 2.75) is 24.1 Å². The molecule has 0 spiro atoms. The molecule has 0 saturated carbocycles. The van der Waals surface area contributed by atoms with Gasteiger partial charge in [-0.15, -0.1) is 0 Å². The first-order chi connectivity index (χ1) is 12.7. The number of ether oxygens (including phenoxy) is 1. The zero-order valence-corrected chi connectivity index (χ0v) is 15.3. The number of hydrogen-bond donors (Lipinski definition) is 1. The predicted octanol–water partition coefficient (Wildman–Crippen LogP) is 3.50. The third-order valence-electron chi connectivity index (χ3n) is 3.96. The van der Waals surface area contributed by atoms with Crippen LogP contribution in [0.5, 0.6) is 0 Å². The standard InChI is InChI=1S/C20H20N2O3S/c1-25-19(24)17-9-5-8-16(10-17)14-26-20-21-11-18(13-23)22(20)12-15-6-3-2-4-7-15/h2-11,23H,12-14H2,1H3. The zero-order chi connectivity index (χ0) is 18.4. The Labute approximate surface area is 156 Å². The maximum atomic E-state index is 11.7. The van der Waals surface area contributed by atoms with Gasteiger partial charge in [0.05, 0.1) is 31.2 Å². The largest absolute Gasteiger partial charge is 0.465 e. The number of benzene rings is 2. The van der Waals surface area contributed by atoms with Crippen molar-refractivity contribution in [2.75, 3.05) is 7.11 Å². The fourth-order valence-electron chi connectivity index (χ4n) is 2.62. The van der Waals surface area contributed by atoms with Crippen molar-refractivity contribution in [3.8, 4) is 0 Å². The monoisotopic (exact) mass is 368 g/mol. The van der Waals surface area contributed by atoms with E-state index in [0.29, 0.717) is 17.9 Å². The first-order valence-corrected chi connectivity index (χ1v) is 9.19. The number of imidazole rings is 1. The molecule has 0 radical (unpaired) electrons. The highest BCUT2D eigenvalue weighted by Crippen LogP contribution is 2.24. The summed E-state index contributed by atoms with van der Waals surface area (Å²) < 4.78 is 6.79. The topological polar surface area (TPSA) is 64.3 Å². The van der Waals surface area contributed by atoms with Crippen LogP contribution in [0.4, 0.5) is 0 Å². The van der Waals surface area contributed by atoms with Gasteiger partial charge in [0.2, 0.25) is 0 Å². The Morgan fingerprint density at radius 2 is 1.92 bits per heavy atom. The molecule has 26 heavy (non-hydrogen) atoms. The van der Waals surface area contributed by atoms with Gasteiger partial charge in [-0.25, -0.2) is 9.78 Å². The number of aliphatic hydroxyl groups is 1. The molecule has 0 fully saturated rings. The summed E-state index contributed by atoms with van der Waals surface area (Å²) in [6.07, 6.45) is 1.70. The van der Waals surface area contributed by atoms with E-state index in [0.717, 1.165) is 22.0 Å². The Bertz CT molecular complexity index is 878. The van der Waals surface area contributed by atoms with Gasteiger partial charge in [0.25, 0.3) is 0 Å². The molecule has 134 valence electrons. The molecule has 5 nitrogen and oxygen atoms in total. The van der Waals surface area contributed by atoms with Crippen molar-refractivity contribution in [1.29, 1.82) is 0 Å². The van der Waals surface area contributed by atoms with E-state index in [1.165, 1.54) is 7.11 Å². The number of methoxy groups -OCH3 is 1. The van der Waals surface area contributed by atoms with Crippen molar-refractivity contribution in [3.05, 3.63) is 83.2 Å². The molecule has 2 aromatic carbocycles. The highest BCUT2D eigenvalue weighted by Gasteiger charge is 2.12. The van der Waals surface area contributed by atoms with E-state index in [4.69, 9.17) is 4.74 Å². The number of hydrogen-bond acceptors (Lipinski definition) is 5. The Morgan fingerprint density at radius 3 is 2.65 bits per heavy atom. The second kappa shape index (κ2) is 8.69. The summed E-state index contributed by atoms with van der Waals surface area (Å²) in [6.45, 7) is 0.597. The summed E-state index contributed by atoms with van der Waals surface area (Å²) in [4.78, 5) is 16.1. The van der Waals surface area contributed by atoms with Crippen LogP contribution in [0.25, 0.3) is 0 Å². The van der Waals surface area contributed by atoms with Crippen molar-refractivity contribution in [1.82, 2.24) is 9.55 Å². The van der Waals surface area contributed by atoms with E-state index in [-0.39, 0.29) is 12.6 Å². The molecule has 0 atom stereocenters. The number of thioether (sulfide) groups is 1. The lowest BCUT2D eigenvalue weighted by molar-refractivity contribution is 0.0600. The number of aliphatic hydroxyl groups excluding tert-OH is 1. The SMILES string of the molecule is COC(=O)c1cccc(CSc2ncc(CO)n2Cc2ccccc2)c1. The third-order valence-corrected chi connectivity index (χ3v) is 5.02. The van der Waals surface area contributed by atoms with Gasteiger partial charge in [-0.3, -0.25) is 0 Å². The lowest BCUT2D eigenvalue weighted by Crippen LogP contribution is -2.06. The van der Waals surface area contributed by atoms with Crippen LogP contribution in [0, 0.1) is 0 Å². The van der Waals surface area contributed by atoms with E-state index in [1.807, 2.05) is 41.0 Å². The molecule has 1 N–H and O–H groups in total. The average molecular weight is 368 g/mol. The van der Waals surface area contributed by atoms with Gasteiger partial charge in [-0.1, -0.05) is 54.2 Å². The van der Waals surface area contributed by atoms with Gasteiger partial charge in [-0.05, 0) is 23.3 Å². The fraction of sp³-hybridized carbons (Fsp3) is 0.200. The van der Waals surface area contributed by atoms with Crippen molar-refractivity contribution in [3.63, 3.8) is 0 Å². The highest BCUT2D eigenvalue weighted by atomic mass is 32.2. The molecule has 1 heterocycles. The van der Waals surface area contributed by atoms with Gasteiger partial charge in [0, 0.05) is 12.3 Å². The van der Waals surface area contributed by atoms with Gasteiger partial charge < -0.3 is 14.4 Å². The first-order valence-electron chi connectivity index (χ1n) is 8.20. The second-order valence-electron chi connectivity index (χ2n) is 5.74. The summed E-state index contributed by atoms with van der Waals surface area (Å²) in [7, 11) is 1.38. The molecular formula is C20H20N2O3S. The molecule has 3 rings (SSSR count). The van der Waals surface area contributed by atoms with Crippen LogP contribution in [0.2, 0.25) is 0 Å². The quantitative estimate of drug-likeness (QED) is 0.511. The van der Waals surface area contributed by atoms with Crippen LogP contribution in [-0.4, -0.2) is 27.7 Å². The summed E-state index contributed by atoms with van der Waals surface area (Å²) >= 11 is 1.57. The van der Waals surface area contributed by atoms with Crippen LogP contribution < -0.4 is 0 Å². The molecule has 1 aromatic heterocycles. The number of carbonyl (C=O) groups is 1. The van der Waals surface area contributed by atoms with Crippen LogP contribution in [-0.2, 0) is 23.6 Å². The highest BCUT2D eigenvalue weighted by molar-refractivity contribution is 7.98. The van der Waals surface area contributed by atoms with Crippen molar-refractivity contribution >= 4 is 17.7 Å². The van der Waals surface area contributed by atoms with E-state index in [2.05, 4.69) is 17.1 Å². The van der Waals surface area contributed by atoms with Crippen LogP contribution in [0.1, 0.15) is 27.2 Å². The minimum atomic E-state index is -0.343. The lowest BCUT2D eigenvalue weighted by atomic mass is 10.1. The summed E-state index contributed by atoms with van der Waals surface area (Å²) in [6, 6.07) is 17.5. The molecule has 3 aromatic rings. The lowest BCUT2D eigenvalue weighted by Gasteiger charge is -2.11. The second-order valence-corrected chi connectivity index (χ2v) is 6.69. The average Bonchev–Trinajstić information content (AvgIpc) is 3.08. The normalized spacial score (nSPS) is 10.7. The number of rotatable bonds is 7. The van der Waals surface area contributed by atoms with Gasteiger partial charge in [0.15, 0.2) is 5.16 Å². The van der Waals surface area contributed by atoms with Crippen LogP contribution in [0.3, 0.4) is 0 Å². The summed E-state index contributed by atoms with van der Waals surface area (Å²) in [5, 5.41) is 10.4. The van der Waals surface area contributed by atoms with E-state index in [1.54, 1.807) is 24.0 Å². The molecule has 0 unspecified atom stereocenters. The summed E-state index contributed by atoms with van der Waals surface area (Å²) in [5.74, 6) is 0.326. The zero-order valence-electron chi connectivity index (χ0n) is 14.5. The van der Waals surface area contributed by atoms with E-state index in [9.17, 15) is 9.90 Å². The predicted molar refractivity (Wildman–Crippen MR) is 101 cm³/mol. The Morgan fingerprint density at radius 1 is 1.15 bits per heavy atom. The number of carbonyl (C=O) groups excluding carboxylic acids is 1.